The normalized spacial score (nSPS) is 20.7. The predicted molar refractivity (Wildman–Crippen MR) is 88.5 cm³/mol. The molecule has 1 heterocycles. The van der Waals surface area contributed by atoms with Crippen molar-refractivity contribution in [3.8, 4) is 0 Å². The van der Waals surface area contributed by atoms with Crippen molar-refractivity contribution in [2.45, 2.75) is 18.9 Å². The van der Waals surface area contributed by atoms with Crippen LogP contribution in [0.15, 0.2) is 22.7 Å². The van der Waals surface area contributed by atoms with E-state index in [9.17, 15) is 4.39 Å². The van der Waals surface area contributed by atoms with Gasteiger partial charge < -0.3 is 5.32 Å². The molecule has 2 fully saturated rings. The van der Waals surface area contributed by atoms with Crippen molar-refractivity contribution in [2.75, 3.05) is 26.2 Å². The fraction of sp³-hybridized carbons (Fsp3) is 0.571. The third kappa shape index (κ3) is 3.86. The van der Waals surface area contributed by atoms with E-state index in [1.165, 1.54) is 18.9 Å². The Kier molecular flexibility index (Phi) is 7.22. The summed E-state index contributed by atoms with van der Waals surface area (Å²) < 4.78 is 14.4. The van der Waals surface area contributed by atoms with Crippen LogP contribution in [0.2, 0.25) is 0 Å². The zero-order valence-corrected chi connectivity index (χ0v) is 14.4. The van der Waals surface area contributed by atoms with Gasteiger partial charge in [0, 0.05) is 32.2 Å². The number of hydrogen-bond donors (Lipinski definition) is 1. The topological polar surface area (TPSA) is 15.3 Å². The van der Waals surface area contributed by atoms with Crippen molar-refractivity contribution in [2.24, 2.45) is 5.92 Å². The number of piperazine rings is 1. The monoisotopic (exact) mass is 384 g/mol. The Hall–Kier alpha value is 0.130. The molecule has 2 nitrogen and oxygen atoms in total. The third-order valence-electron chi connectivity index (χ3n) is 3.91. The maximum Gasteiger partial charge on any atom is 0.137 e. The van der Waals surface area contributed by atoms with Gasteiger partial charge in [-0.05, 0) is 46.3 Å². The molecular weight excluding hydrogens is 366 g/mol. The Morgan fingerprint density at radius 3 is 2.45 bits per heavy atom. The molecule has 0 unspecified atom stereocenters. The second-order valence-corrected chi connectivity index (χ2v) is 6.00. The molecule has 6 heteroatoms. The van der Waals surface area contributed by atoms with Gasteiger partial charge in [-0.3, -0.25) is 4.90 Å². The molecule has 3 rings (SSSR count). The third-order valence-corrected chi connectivity index (χ3v) is 4.75. The predicted octanol–water partition coefficient (Wildman–Crippen LogP) is 3.79. The van der Waals surface area contributed by atoms with Gasteiger partial charge in [-0.2, -0.15) is 0 Å². The van der Waals surface area contributed by atoms with Crippen molar-refractivity contribution in [1.82, 2.24) is 10.2 Å². The molecule has 1 N–H and O–H groups in total. The maximum atomic E-state index is 13.7. The van der Waals surface area contributed by atoms with Gasteiger partial charge in [-0.15, -0.1) is 24.8 Å². The summed E-state index contributed by atoms with van der Waals surface area (Å²) in [5.74, 6) is 0.564. The van der Waals surface area contributed by atoms with Crippen LogP contribution in [0.4, 0.5) is 4.39 Å². The first-order valence-electron chi connectivity index (χ1n) is 6.66. The minimum Gasteiger partial charge on any atom is -0.314 e. The molecule has 1 aromatic carbocycles. The molecule has 1 atom stereocenters. The van der Waals surface area contributed by atoms with E-state index in [0.29, 0.717) is 16.4 Å². The van der Waals surface area contributed by atoms with Crippen LogP contribution in [0.1, 0.15) is 24.4 Å². The summed E-state index contributed by atoms with van der Waals surface area (Å²) in [5, 5.41) is 3.38. The average Bonchev–Trinajstić information content (AvgIpc) is 3.21. The van der Waals surface area contributed by atoms with E-state index in [1.807, 2.05) is 6.07 Å². The van der Waals surface area contributed by atoms with Crippen molar-refractivity contribution in [3.63, 3.8) is 0 Å². The molecule has 1 saturated heterocycles. The fourth-order valence-corrected chi connectivity index (χ4v) is 3.37. The van der Waals surface area contributed by atoms with Gasteiger partial charge in [0.15, 0.2) is 0 Å². The second kappa shape index (κ2) is 7.95. The van der Waals surface area contributed by atoms with Crippen molar-refractivity contribution >= 4 is 40.7 Å². The molecule has 0 aromatic heterocycles. The Balaban J connectivity index is 0.000001000. The van der Waals surface area contributed by atoms with Crippen LogP contribution < -0.4 is 5.32 Å². The van der Waals surface area contributed by atoms with Gasteiger partial charge in [0.2, 0.25) is 0 Å². The molecule has 114 valence electrons. The van der Waals surface area contributed by atoms with E-state index in [1.54, 1.807) is 0 Å². The molecule has 0 amide bonds. The molecule has 2 aliphatic rings. The highest BCUT2D eigenvalue weighted by Crippen LogP contribution is 2.46. The van der Waals surface area contributed by atoms with Crippen LogP contribution in [0.25, 0.3) is 0 Å². The summed E-state index contributed by atoms with van der Waals surface area (Å²) in [6.45, 7) is 4.19. The van der Waals surface area contributed by atoms with Gasteiger partial charge in [0.25, 0.3) is 0 Å². The lowest BCUT2D eigenvalue weighted by atomic mass is 9.99. The zero-order chi connectivity index (χ0) is 12.5. The highest BCUT2D eigenvalue weighted by Gasteiger charge is 2.37. The van der Waals surface area contributed by atoms with Gasteiger partial charge in [0.05, 0.1) is 4.47 Å². The summed E-state index contributed by atoms with van der Waals surface area (Å²) in [5.41, 5.74) is 1.12. The smallest absolute Gasteiger partial charge is 0.137 e. The van der Waals surface area contributed by atoms with E-state index in [4.69, 9.17) is 0 Å². The SMILES string of the molecule is Cl.Cl.Fc1cccc([C@H](C2CC2)N2CCNCC2)c1Br. The number of hydrogen-bond acceptors (Lipinski definition) is 2. The lowest BCUT2D eigenvalue weighted by Gasteiger charge is -2.36. The van der Waals surface area contributed by atoms with E-state index in [2.05, 4.69) is 32.2 Å². The molecule has 1 aliphatic carbocycles. The number of halogens is 4. The molecule has 20 heavy (non-hydrogen) atoms. The van der Waals surface area contributed by atoms with E-state index < -0.39 is 0 Å². The summed E-state index contributed by atoms with van der Waals surface area (Å²) in [6.07, 6.45) is 2.55. The fourth-order valence-electron chi connectivity index (χ4n) is 2.87. The van der Waals surface area contributed by atoms with Gasteiger partial charge in [-0.1, -0.05) is 12.1 Å². The minimum absolute atomic E-state index is 0. The Bertz CT molecular complexity index is 437. The summed E-state index contributed by atoms with van der Waals surface area (Å²) in [7, 11) is 0. The highest BCUT2D eigenvalue weighted by atomic mass is 79.9. The van der Waals surface area contributed by atoms with Crippen LogP contribution in [0, 0.1) is 11.7 Å². The first-order valence-corrected chi connectivity index (χ1v) is 7.45. The molecule has 0 bridgehead atoms. The molecule has 0 spiro atoms. The van der Waals surface area contributed by atoms with Gasteiger partial charge in [0.1, 0.15) is 5.82 Å². The molecule has 1 aromatic rings. The van der Waals surface area contributed by atoms with Crippen LogP contribution in [0.5, 0.6) is 0 Å². The minimum atomic E-state index is -0.145. The van der Waals surface area contributed by atoms with Crippen molar-refractivity contribution in [3.05, 3.63) is 34.1 Å². The number of nitrogens with one attached hydrogen (secondary N) is 1. The molecule has 1 saturated carbocycles. The van der Waals surface area contributed by atoms with Gasteiger partial charge in [-0.25, -0.2) is 4.39 Å². The first kappa shape index (κ1) is 18.2. The van der Waals surface area contributed by atoms with Crippen LogP contribution in [0.3, 0.4) is 0 Å². The standard InChI is InChI=1S/C14H18BrFN2.2ClH/c15-13-11(2-1-3-12(13)16)14(10-4-5-10)18-8-6-17-7-9-18;;/h1-3,10,14,17H,4-9H2;2*1H/t14-;;/m0../s1. The van der Waals surface area contributed by atoms with Gasteiger partial charge >= 0.3 is 0 Å². The largest absolute Gasteiger partial charge is 0.314 e. The van der Waals surface area contributed by atoms with Crippen LogP contribution in [-0.2, 0) is 0 Å². The Morgan fingerprint density at radius 2 is 1.85 bits per heavy atom. The highest BCUT2D eigenvalue weighted by molar-refractivity contribution is 9.10. The Labute approximate surface area is 140 Å². The van der Waals surface area contributed by atoms with E-state index >= 15 is 0 Å². The molecule has 1 aliphatic heterocycles. The van der Waals surface area contributed by atoms with Crippen molar-refractivity contribution < 1.29 is 4.39 Å². The van der Waals surface area contributed by atoms with E-state index in [0.717, 1.165) is 31.7 Å². The number of benzene rings is 1. The summed E-state index contributed by atoms with van der Waals surface area (Å²) in [6, 6.07) is 5.80. The van der Waals surface area contributed by atoms with Crippen LogP contribution in [-0.4, -0.2) is 31.1 Å². The Morgan fingerprint density at radius 1 is 1.20 bits per heavy atom. The van der Waals surface area contributed by atoms with E-state index in [-0.39, 0.29) is 30.6 Å². The number of rotatable bonds is 3. The quantitative estimate of drug-likeness (QED) is 0.851. The van der Waals surface area contributed by atoms with Crippen molar-refractivity contribution in [1.29, 1.82) is 0 Å². The second-order valence-electron chi connectivity index (χ2n) is 5.21. The first-order chi connectivity index (χ1) is 8.77. The summed E-state index contributed by atoms with van der Waals surface area (Å²) >= 11 is 3.43. The molecular formula is C14H20BrCl2FN2. The lowest BCUT2D eigenvalue weighted by Crippen LogP contribution is -2.45. The number of nitrogens with zero attached hydrogens (tertiary/aromatic N) is 1. The average molecular weight is 386 g/mol. The lowest BCUT2D eigenvalue weighted by molar-refractivity contribution is 0.155. The maximum absolute atomic E-state index is 13.7. The van der Waals surface area contributed by atoms with Crippen LogP contribution >= 0.6 is 40.7 Å². The molecule has 0 radical (unpaired) electrons. The summed E-state index contributed by atoms with van der Waals surface area (Å²) in [4.78, 5) is 2.51. The zero-order valence-electron chi connectivity index (χ0n) is 11.1.